The number of aromatic nitrogens is 5. The highest BCUT2D eigenvalue weighted by atomic mass is 19.2. The van der Waals surface area contributed by atoms with Crippen LogP contribution in [-0.2, 0) is 4.79 Å². The van der Waals surface area contributed by atoms with Crippen LogP contribution < -0.4 is 11.1 Å². The minimum Gasteiger partial charge on any atom is -0.383 e. The van der Waals surface area contributed by atoms with E-state index in [1.165, 1.54) is 12.1 Å². The molecule has 0 radical (unpaired) electrons. The lowest BCUT2D eigenvalue weighted by Gasteiger charge is -2.29. The molecule has 4 heterocycles. The van der Waals surface area contributed by atoms with Crippen molar-refractivity contribution < 1.29 is 13.6 Å². The van der Waals surface area contributed by atoms with Crippen LogP contribution in [0.5, 0.6) is 0 Å². The van der Waals surface area contributed by atoms with Crippen molar-refractivity contribution in [3.05, 3.63) is 53.7 Å². The third-order valence-corrected chi connectivity index (χ3v) is 6.04. The number of carbonyl (C=O) groups is 1. The number of amides is 1. The van der Waals surface area contributed by atoms with Gasteiger partial charge in [0.1, 0.15) is 11.5 Å². The van der Waals surface area contributed by atoms with Gasteiger partial charge in [0.15, 0.2) is 17.5 Å². The molecule has 1 amide bonds. The molecule has 1 saturated heterocycles. The van der Waals surface area contributed by atoms with Gasteiger partial charge in [0.25, 0.3) is 0 Å². The number of hydrogen-bond acceptors (Lipinski definition) is 7. The summed E-state index contributed by atoms with van der Waals surface area (Å²) in [4.78, 5) is 18.8. The Labute approximate surface area is 188 Å². The van der Waals surface area contributed by atoms with E-state index in [4.69, 9.17) is 5.73 Å². The first-order valence-electron chi connectivity index (χ1n) is 10.7. The summed E-state index contributed by atoms with van der Waals surface area (Å²) in [5, 5.41) is 14.7. The summed E-state index contributed by atoms with van der Waals surface area (Å²) < 4.78 is 29.2. The number of anilines is 1. The Hall–Kier alpha value is -3.73. The lowest BCUT2D eigenvalue weighted by Crippen LogP contribution is -2.45. The van der Waals surface area contributed by atoms with Crippen molar-refractivity contribution in [2.24, 2.45) is 0 Å². The molecule has 170 valence electrons. The van der Waals surface area contributed by atoms with Crippen LogP contribution in [-0.4, -0.2) is 61.7 Å². The summed E-state index contributed by atoms with van der Waals surface area (Å²) in [7, 11) is 0. The van der Waals surface area contributed by atoms with Gasteiger partial charge in [0.2, 0.25) is 5.91 Å². The van der Waals surface area contributed by atoms with Crippen molar-refractivity contribution in [2.45, 2.75) is 25.3 Å². The van der Waals surface area contributed by atoms with Gasteiger partial charge in [0.05, 0.1) is 11.6 Å². The van der Waals surface area contributed by atoms with Gasteiger partial charge in [-0.3, -0.25) is 4.79 Å². The zero-order chi connectivity index (χ0) is 22.9. The molecule has 3 N–H and O–H groups in total. The fourth-order valence-corrected chi connectivity index (χ4v) is 4.25. The van der Waals surface area contributed by atoms with Crippen LogP contribution in [0.15, 0.2) is 36.5 Å². The molecular weight excluding hydrogens is 430 g/mol. The second kappa shape index (κ2) is 8.66. The number of nitrogens with two attached hydrogens (primary N) is 1. The standard InChI is InChI=1S/C22H22F2N8O/c23-16-3-1-5-18(19(16)24)32-21(28-29-30-32)15-11-14(12-27-20(15)25)13-6-9-31(10-7-13)22(33)17-4-2-8-26-17/h1,3,5-6,11-12,17,26H,2,4,7-10H2,(H2,25,27). The predicted molar refractivity (Wildman–Crippen MR) is 117 cm³/mol. The van der Waals surface area contributed by atoms with E-state index in [0.29, 0.717) is 25.1 Å². The molecule has 1 atom stereocenters. The number of halogens is 2. The molecule has 1 unspecified atom stereocenters. The van der Waals surface area contributed by atoms with Crippen molar-refractivity contribution in [1.29, 1.82) is 0 Å². The van der Waals surface area contributed by atoms with E-state index in [1.54, 1.807) is 12.3 Å². The summed E-state index contributed by atoms with van der Waals surface area (Å²) in [6.45, 7) is 2.00. The topological polar surface area (TPSA) is 115 Å². The Morgan fingerprint density at radius 3 is 2.91 bits per heavy atom. The molecule has 9 nitrogen and oxygen atoms in total. The van der Waals surface area contributed by atoms with Gasteiger partial charge in [-0.25, -0.2) is 13.8 Å². The number of nitrogens with zero attached hydrogens (tertiary/aromatic N) is 6. The third kappa shape index (κ3) is 3.95. The van der Waals surface area contributed by atoms with Crippen LogP contribution in [0, 0.1) is 11.6 Å². The summed E-state index contributed by atoms with van der Waals surface area (Å²) in [5.41, 5.74) is 8.18. The van der Waals surface area contributed by atoms with Crippen LogP contribution in [0.2, 0.25) is 0 Å². The molecule has 0 spiro atoms. The van der Waals surface area contributed by atoms with E-state index in [2.05, 4.69) is 25.8 Å². The van der Waals surface area contributed by atoms with Crippen LogP contribution in [0.4, 0.5) is 14.6 Å². The molecule has 0 aliphatic carbocycles. The van der Waals surface area contributed by atoms with Crippen LogP contribution >= 0.6 is 0 Å². The maximum Gasteiger partial charge on any atom is 0.239 e. The van der Waals surface area contributed by atoms with E-state index >= 15 is 0 Å². The van der Waals surface area contributed by atoms with Crippen LogP contribution in [0.25, 0.3) is 22.6 Å². The van der Waals surface area contributed by atoms with E-state index in [1.807, 2.05) is 11.0 Å². The molecule has 5 rings (SSSR count). The normalized spacial score (nSPS) is 18.4. The SMILES string of the molecule is Nc1ncc(C2=CCN(C(=O)C3CCCN3)CC2)cc1-c1nnnn1-c1cccc(F)c1F. The van der Waals surface area contributed by atoms with Crippen molar-refractivity contribution in [2.75, 3.05) is 25.4 Å². The maximum absolute atomic E-state index is 14.4. The lowest BCUT2D eigenvalue weighted by atomic mass is 9.98. The van der Waals surface area contributed by atoms with Gasteiger partial charge in [-0.15, -0.1) is 5.10 Å². The molecule has 2 aliphatic rings. The van der Waals surface area contributed by atoms with E-state index in [9.17, 15) is 13.6 Å². The zero-order valence-corrected chi connectivity index (χ0v) is 17.7. The average molecular weight is 452 g/mol. The number of carbonyl (C=O) groups excluding carboxylic acids is 1. The number of pyridine rings is 1. The number of rotatable bonds is 4. The first-order chi connectivity index (χ1) is 16.0. The van der Waals surface area contributed by atoms with Gasteiger partial charge < -0.3 is 16.0 Å². The Balaban J connectivity index is 1.43. The number of tetrazole rings is 1. The minimum absolute atomic E-state index is 0.0909. The second-order valence-electron chi connectivity index (χ2n) is 8.06. The molecule has 0 saturated carbocycles. The quantitative estimate of drug-likeness (QED) is 0.622. The summed E-state index contributed by atoms with van der Waals surface area (Å²) in [5.74, 6) is -1.63. The maximum atomic E-state index is 14.4. The molecule has 0 bridgehead atoms. The summed E-state index contributed by atoms with van der Waals surface area (Å²) in [6.07, 6.45) is 6.20. The van der Waals surface area contributed by atoms with Gasteiger partial charge in [-0.05, 0) is 65.6 Å². The molecule has 2 aromatic heterocycles. The average Bonchev–Trinajstić information content (AvgIpc) is 3.53. The smallest absolute Gasteiger partial charge is 0.239 e. The largest absolute Gasteiger partial charge is 0.383 e. The van der Waals surface area contributed by atoms with E-state index < -0.39 is 11.6 Å². The number of benzene rings is 1. The lowest BCUT2D eigenvalue weighted by molar-refractivity contribution is -0.132. The Bertz CT molecular complexity index is 1230. The number of hydrogen-bond donors (Lipinski definition) is 2. The molecule has 1 aromatic carbocycles. The summed E-state index contributed by atoms with van der Waals surface area (Å²) >= 11 is 0. The highest BCUT2D eigenvalue weighted by Crippen LogP contribution is 2.30. The van der Waals surface area contributed by atoms with Gasteiger partial charge >= 0.3 is 0 Å². The number of nitrogens with one attached hydrogen (secondary N) is 1. The highest BCUT2D eigenvalue weighted by Gasteiger charge is 2.28. The Morgan fingerprint density at radius 1 is 1.27 bits per heavy atom. The first kappa shape index (κ1) is 21.1. The van der Waals surface area contributed by atoms with E-state index in [0.717, 1.165) is 41.3 Å². The minimum atomic E-state index is -1.06. The van der Waals surface area contributed by atoms with Crippen molar-refractivity contribution in [1.82, 2.24) is 35.4 Å². The molecule has 2 aliphatic heterocycles. The van der Waals surface area contributed by atoms with Crippen molar-refractivity contribution in [3.8, 4) is 17.1 Å². The van der Waals surface area contributed by atoms with Crippen LogP contribution in [0.3, 0.4) is 0 Å². The monoisotopic (exact) mass is 452 g/mol. The molecule has 3 aromatic rings. The number of nitrogen functional groups attached to an aromatic ring is 1. The first-order valence-corrected chi connectivity index (χ1v) is 10.7. The Morgan fingerprint density at radius 2 is 2.15 bits per heavy atom. The van der Waals surface area contributed by atoms with Crippen molar-refractivity contribution in [3.63, 3.8) is 0 Å². The van der Waals surface area contributed by atoms with E-state index in [-0.39, 0.29) is 29.3 Å². The Kier molecular flexibility index (Phi) is 5.55. The molecule has 33 heavy (non-hydrogen) atoms. The predicted octanol–water partition coefficient (Wildman–Crippen LogP) is 1.95. The fourth-order valence-electron chi connectivity index (χ4n) is 4.25. The fraction of sp³-hybridized carbons (Fsp3) is 0.318. The van der Waals surface area contributed by atoms with Gasteiger partial charge in [-0.2, -0.15) is 4.68 Å². The van der Waals surface area contributed by atoms with Crippen LogP contribution in [0.1, 0.15) is 24.8 Å². The van der Waals surface area contributed by atoms with Gasteiger partial charge in [0, 0.05) is 19.3 Å². The van der Waals surface area contributed by atoms with Crippen molar-refractivity contribution >= 4 is 17.3 Å². The second-order valence-corrected chi connectivity index (χ2v) is 8.06. The summed E-state index contributed by atoms with van der Waals surface area (Å²) in [6, 6.07) is 5.46. The molecular formula is C22H22F2N8O. The third-order valence-electron chi connectivity index (χ3n) is 6.04. The zero-order valence-electron chi connectivity index (χ0n) is 17.7. The highest BCUT2D eigenvalue weighted by molar-refractivity contribution is 5.84. The molecule has 11 heteroatoms. The molecule has 1 fully saturated rings. The van der Waals surface area contributed by atoms with Gasteiger partial charge in [-0.1, -0.05) is 12.1 Å².